The van der Waals surface area contributed by atoms with Crippen molar-refractivity contribution in [2.75, 3.05) is 0 Å². The van der Waals surface area contributed by atoms with Gasteiger partial charge in [0.25, 0.3) is 0 Å². The van der Waals surface area contributed by atoms with Crippen molar-refractivity contribution in [1.29, 1.82) is 0 Å². The van der Waals surface area contributed by atoms with Crippen molar-refractivity contribution in [3.63, 3.8) is 0 Å². The molecule has 0 amide bonds. The molecule has 4 aliphatic rings. The molecular weight excluding hydrogens is 420 g/mol. The highest BCUT2D eigenvalue weighted by atomic mass is 16.5. The fourth-order valence-electron chi connectivity index (χ4n) is 7.99. The largest absolute Gasteiger partial charge is 0.461 e. The second kappa shape index (κ2) is 8.93. The first kappa shape index (κ1) is 23.8. The van der Waals surface area contributed by atoms with E-state index in [1.54, 1.807) is 0 Å². The van der Waals surface area contributed by atoms with E-state index in [9.17, 15) is 4.79 Å². The van der Waals surface area contributed by atoms with E-state index in [4.69, 9.17) is 10.5 Å². The minimum absolute atomic E-state index is 0.0160. The summed E-state index contributed by atoms with van der Waals surface area (Å²) >= 11 is 0. The van der Waals surface area contributed by atoms with Gasteiger partial charge in [-0.3, -0.25) is 9.78 Å². The van der Waals surface area contributed by atoms with Gasteiger partial charge in [0, 0.05) is 18.8 Å². The van der Waals surface area contributed by atoms with E-state index < -0.39 is 6.04 Å². The molecule has 0 spiro atoms. The van der Waals surface area contributed by atoms with Crippen LogP contribution in [0, 0.1) is 34.5 Å². The fraction of sp³-hybridized carbons (Fsp3) is 0.667. The van der Waals surface area contributed by atoms with Crippen molar-refractivity contribution in [1.82, 2.24) is 4.98 Å². The number of rotatable bonds is 5. The summed E-state index contributed by atoms with van der Waals surface area (Å²) in [5.41, 5.74) is 11.0. The maximum absolute atomic E-state index is 12.6. The summed E-state index contributed by atoms with van der Waals surface area (Å²) in [4.78, 5) is 17.0. The molecule has 2 N–H and O–H groups in total. The molecule has 2 saturated carbocycles. The standard InChI is InChI=1S/C30H42N2O2/c1-5-19(2)27(31)28(33)34-22-12-14-29(3)21(17-22)8-9-23-25-11-10-24(20-7-6-16-32-18-20)30(25,4)15-13-26(23)29/h6-8,10,16,18-19,22-23,25-27H,5,9,11-15,17,31H2,1-4H3/t19-,22+,23+,25+,26+,27?,29+,30-/m1/s1. The Hall–Kier alpha value is -1.94. The summed E-state index contributed by atoms with van der Waals surface area (Å²) in [6.07, 6.45) is 17.7. The van der Waals surface area contributed by atoms with Crippen LogP contribution >= 0.6 is 0 Å². The molecule has 0 aliphatic heterocycles. The Morgan fingerprint density at radius 2 is 1.97 bits per heavy atom. The third kappa shape index (κ3) is 3.77. The van der Waals surface area contributed by atoms with Crippen molar-refractivity contribution in [2.45, 2.75) is 91.2 Å². The number of aromatic nitrogens is 1. The highest BCUT2D eigenvalue weighted by Gasteiger charge is 2.57. The number of pyridine rings is 1. The fourth-order valence-corrected chi connectivity index (χ4v) is 7.99. The molecule has 2 fully saturated rings. The number of esters is 1. The summed E-state index contributed by atoms with van der Waals surface area (Å²) < 4.78 is 5.94. The number of carbonyl (C=O) groups excluding carboxylic acids is 1. The maximum atomic E-state index is 12.6. The second-order valence-corrected chi connectivity index (χ2v) is 12.0. The average Bonchev–Trinajstić information content (AvgIpc) is 3.21. The zero-order chi connectivity index (χ0) is 24.1. The van der Waals surface area contributed by atoms with Gasteiger partial charge in [-0.05, 0) is 90.2 Å². The Balaban J connectivity index is 1.31. The van der Waals surface area contributed by atoms with Crippen LogP contribution in [0.1, 0.15) is 84.6 Å². The maximum Gasteiger partial charge on any atom is 0.323 e. The summed E-state index contributed by atoms with van der Waals surface area (Å²) in [6.45, 7) is 9.12. The first-order chi connectivity index (χ1) is 16.3. The zero-order valence-corrected chi connectivity index (χ0v) is 21.4. The number of nitrogens with zero attached hydrogens (tertiary/aromatic N) is 1. The van der Waals surface area contributed by atoms with Crippen LogP contribution in [0.4, 0.5) is 0 Å². The van der Waals surface area contributed by atoms with Gasteiger partial charge in [-0.1, -0.05) is 57.9 Å². The SMILES string of the molecule is CC[C@@H](C)C(N)C(=O)O[C@H]1CC[C@@]2(C)C(=CC[C@@H]3[C@@H]2CC[C@]2(C)C(c4cccnc4)=CC[C@@H]32)C1. The van der Waals surface area contributed by atoms with Crippen LogP contribution in [0.2, 0.25) is 0 Å². The highest BCUT2D eigenvalue weighted by Crippen LogP contribution is 2.66. The Labute approximate surface area is 205 Å². The normalized spacial score (nSPS) is 38.5. The summed E-state index contributed by atoms with van der Waals surface area (Å²) in [5.74, 6) is 2.11. The van der Waals surface area contributed by atoms with Gasteiger partial charge >= 0.3 is 5.97 Å². The molecule has 1 unspecified atom stereocenters. The molecule has 1 aromatic rings. The van der Waals surface area contributed by atoms with Gasteiger partial charge in [-0.15, -0.1) is 0 Å². The van der Waals surface area contributed by atoms with Crippen molar-refractivity contribution in [3.8, 4) is 0 Å². The van der Waals surface area contributed by atoms with Crippen LogP contribution in [0.25, 0.3) is 5.57 Å². The van der Waals surface area contributed by atoms with Gasteiger partial charge in [-0.25, -0.2) is 0 Å². The molecular formula is C30H42N2O2. The first-order valence-electron chi connectivity index (χ1n) is 13.5. The second-order valence-electron chi connectivity index (χ2n) is 12.0. The third-order valence-electron chi connectivity index (χ3n) is 10.4. The van der Waals surface area contributed by atoms with Crippen LogP contribution in [0.5, 0.6) is 0 Å². The molecule has 0 aromatic carbocycles. The molecule has 0 saturated heterocycles. The molecule has 4 nitrogen and oxygen atoms in total. The van der Waals surface area contributed by atoms with Crippen LogP contribution < -0.4 is 5.73 Å². The molecule has 34 heavy (non-hydrogen) atoms. The highest BCUT2D eigenvalue weighted by molar-refractivity contribution is 5.76. The van der Waals surface area contributed by atoms with Gasteiger partial charge < -0.3 is 10.5 Å². The minimum atomic E-state index is -0.511. The molecule has 184 valence electrons. The molecule has 4 heteroatoms. The summed E-state index contributed by atoms with van der Waals surface area (Å²) in [7, 11) is 0. The van der Waals surface area contributed by atoms with E-state index in [2.05, 4.69) is 50.0 Å². The van der Waals surface area contributed by atoms with Crippen molar-refractivity contribution in [2.24, 2.45) is 40.2 Å². The molecule has 0 bridgehead atoms. The van der Waals surface area contributed by atoms with Gasteiger partial charge in [0.05, 0.1) is 0 Å². The van der Waals surface area contributed by atoms with Crippen LogP contribution in [-0.4, -0.2) is 23.1 Å². The quantitative estimate of drug-likeness (QED) is 0.410. The number of nitrogens with two attached hydrogens (primary N) is 1. The predicted molar refractivity (Wildman–Crippen MR) is 137 cm³/mol. The van der Waals surface area contributed by atoms with Gasteiger partial charge in [-0.2, -0.15) is 0 Å². The molecule has 5 rings (SSSR count). The Morgan fingerprint density at radius 1 is 1.18 bits per heavy atom. The smallest absolute Gasteiger partial charge is 0.323 e. The van der Waals surface area contributed by atoms with Crippen molar-refractivity contribution < 1.29 is 9.53 Å². The lowest BCUT2D eigenvalue weighted by Gasteiger charge is -2.57. The first-order valence-corrected chi connectivity index (χ1v) is 13.5. The number of carbonyl (C=O) groups is 1. The Morgan fingerprint density at radius 3 is 2.71 bits per heavy atom. The van der Waals surface area contributed by atoms with E-state index in [0.717, 1.165) is 43.9 Å². The average molecular weight is 463 g/mol. The number of fused-ring (bicyclic) bond motifs is 5. The van der Waals surface area contributed by atoms with Crippen LogP contribution in [0.3, 0.4) is 0 Å². The summed E-state index contributed by atoms with van der Waals surface area (Å²) in [6, 6.07) is 3.79. The number of hydrogen-bond donors (Lipinski definition) is 1. The monoisotopic (exact) mass is 462 g/mol. The molecule has 4 aliphatic carbocycles. The minimum Gasteiger partial charge on any atom is -0.461 e. The van der Waals surface area contributed by atoms with Crippen LogP contribution in [-0.2, 0) is 9.53 Å². The van der Waals surface area contributed by atoms with Crippen LogP contribution in [0.15, 0.2) is 42.3 Å². The summed E-state index contributed by atoms with van der Waals surface area (Å²) in [5, 5.41) is 0. The van der Waals surface area contributed by atoms with Gasteiger partial charge in [0.2, 0.25) is 0 Å². The topological polar surface area (TPSA) is 65.2 Å². The van der Waals surface area contributed by atoms with Crippen molar-refractivity contribution >= 4 is 11.5 Å². The van der Waals surface area contributed by atoms with Gasteiger partial charge in [0.1, 0.15) is 12.1 Å². The number of ether oxygens (including phenoxy) is 1. The molecule has 1 heterocycles. The van der Waals surface area contributed by atoms with E-state index in [-0.39, 0.29) is 28.8 Å². The Bertz CT molecular complexity index is 985. The van der Waals surface area contributed by atoms with E-state index >= 15 is 0 Å². The predicted octanol–water partition coefficient (Wildman–Crippen LogP) is 6.32. The van der Waals surface area contributed by atoms with Crippen molar-refractivity contribution in [3.05, 3.63) is 47.8 Å². The number of allylic oxidation sites excluding steroid dienone is 3. The molecule has 1 aromatic heterocycles. The third-order valence-corrected chi connectivity index (χ3v) is 10.4. The Kier molecular flexibility index (Phi) is 6.25. The lowest BCUT2D eigenvalue weighted by molar-refractivity contribution is -0.154. The van der Waals surface area contributed by atoms with E-state index in [0.29, 0.717) is 5.92 Å². The molecule has 0 radical (unpaired) electrons. The van der Waals surface area contributed by atoms with E-state index in [1.807, 2.05) is 19.3 Å². The zero-order valence-electron chi connectivity index (χ0n) is 21.4. The number of hydrogen-bond acceptors (Lipinski definition) is 4. The van der Waals surface area contributed by atoms with Gasteiger partial charge in [0.15, 0.2) is 0 Å². The molecule has 8 atom stereocenters. The lowest BCUT2D eigenvalue weighted by atomic mass is 9.47. The van der Waals surface area contributed by atoms with E-state index in [1.165, 1.54) is 36.0 Å². The lowest BCUT2D eigenvalue weighted by Crippen LogP contribution is -2.50.